The molecule has 0 aromatic heterocycles. The van der Waals surface area contributed by atoms with E-state index in [1.807, 2.05) is 0 Å². The second kappa shape index (κ2) is 3.79. The van der Waals surface area contributed by atoms with Gasteiger partial charge in [0.15, 0.2) is 0 Å². The van der Waals surface area contributed by atoms with Crippen LogP contribution in [0.4, 0.5) is 0 Å². The minimum absolute atomic E-state index is 0.669. The fourth-order valence-corrected chi connectivity index (χ4v) is 3.93. The highest BCUT2D eigenvalue weighted by Crippen LogP contribution is 2.63. The number of hydrogen-bond donors (Lipinski definition) is 0. The van der Waals surface area contributed by atoms with Crippen LogP contribution >= 0.6 is 0 Å². The van der Waals surface area contributed by atoms with Crippen LogP contribution in [-0.4, -0.2) is 0 Å². The molecule has 0 N–H and O–H groups in total. The Morgan fingerprint density at radius 2 is 1.80 bits per heavy atom. The van der Waals surface area contributed by atoms with Crippen LogP contribution in [0.2, 0.25) is 0 Å². The first-order chi connectivity index (χ1) is 7.00. The van der Waals surface area contributed by atoms with Gasteiger partial charge < -0.3 is 0 Å². The van der Waals surface area contributed by atoms with Crippen molar-refractivity contribution in [2.24, 2.45) is 22.7 Å². The molecule has 2 saturated carbocycles. The van der Waals surface area contributed by atoms with Crippen molar-refractivity contribution in [1.82, 2.24) is 0 Å². The lowest BCUT2D eigenvalue weighted by molar-refractivity contribution is 0.0755. The molecule has 0 heteroatoms. The van der Waals surface area contributed by atoms with Crippen molar-refractivity contribution in [3.8, 4) is 0 Å². The van der Waals surface area contributed by atoms with E-state index in [1.165, 1.54) is 44.9 Å². The minimum Gasteiger partial charge on any atom is -0.0651 e. The molecule has 0 aromatic rings. The molecule has 2 fully saturated rings. The van der Waals surface area contributed by atoms with Crippen molar-refractivity contribution in [2.75, 3.05) is 0 Å². The predicted molar refractivity (Wildman–Crippen MR) is 66.9 cm³/mol. The van der Waals surface area contributed by atoms with Gasteiger partial charge in [0.05, 0.1) is 0 Å². The summed E-state index contributed by atoms with van der Waals surface area (Å²) in [7, 11) is 0. The highest BCUT2D eigenvalue weighted by atomic mass is 14.6. The first kappa shape index (κ1) is 11.5. The van der Waals surface area contributed by atoms with Crippen LogP contribution in [0, 0.1) is 22.7 Å². The van der Waals surface area contributed by atoms with E-state index in [4.69, 9.17) is 0 Å². The molecular weight excluding hydrogens is 180 g/mol. The monoisotopic (exact) mass is 208 g/mol. The van der Waals surface area contributed by atoms with Crippen LogP contribution in [0.5, 0.6) is 0 Å². The van der Waals surface area contributed by atoms with Crippen molar-refractivity contribution >= 4 is 0 Å². The third kappa shape index (κ3) is 2.24. The number of hydrogen-bond acceptors (Lipinski definition) is 0. The molecular formula is C15H28. The molecule has 0 amide bonds. The van der Waals surface area contributed by atoms with Crippen LogP contribution in [0.15, 0.2) is 0 Å². The van der Waals surface area contributed by atoms with Crippen LogP contribution in [0.1, 0.15) is 72.6 Å². The van der Waals surface area contributed by atoms with Crippen molar-refractivity contribution in [3.05, 3.63) is 0 Å². The SMILES string of the molecule is CCC(C)CC1(C)CCC2(CC2)C(C)C1. The van der Waals surface area contributed by atoms with Gasteiger partial charge in [-0.05, 0) is 61.2 Å². The second-order valence-electron chi connectivity index (χ2n) is 7.00. The quantitative estimate of drug-likeness (QED) is 0.610. The van der Waals surface area contributed by atoms with E-state index in [-0.39, 0.29) is 0 Å². The molecule has 3 atom stereocenters. The fourth-order valence-electron chi connectivity index (χ4n) is 3.93. The average Bonchev–Trinajstić information content (AvgIpc) is 2.94. The van der Waals surface area contributed by atoms with E-state index in [2.05, 4.69) is 27.7 Å². The molecule has 0 heterocycles. The smallest absolute Gasteiger partial charge is 0.0271 e. The molecule has 15 heavy (non-hydrogen) atoms. The zero-order valence-electron chi connectivity index (χ0n) is 11.1. The summed E-state index contributed by atoms with van der Waals surface area (Å²) in [6.45, 7) is 9.83. The highest BCUT2D eigenvalue weighted by molar-refractivity contribution is 5.03. The van der Waals surface area contributed by atoms with Gasteiger partial charge in [0, 0.05) is 0 Å². The van der Waals surface area contributed by atoms with Crippen LogP contribution in [-0.2, 0) is 0 Å². The second-order valence-corrected chi connectivity index (χ2v) is 7.00. The highest BCUT2D eigenvalue weighted by Gasteiger charge is 2.52. The molecule has 0 aromatic carbocycles. The molecule has 88 valence electrons. The van der Waals surface area contributed by atoms with Crippen LogP contribution in [0.25, 0.3) is 0 Å². The van der Waals surface area contributed by atoms with Gasteiger partial charge in [-0.25, -0.2) is 0 Å². The predicted octanol–water partition coefficient (Wildman–Crippen LogP) is 5.03. The Bertz CT molecular complexity index is 226. The molecule has 2 aliphatic rings. The standard InChI is InChI=1S/C15H28/c1-5-12(2)10-14(4)6-7-15(8-9-15)13(3)11-14/h12-13H,5-11H2,1-4H3. The number of rotatable bonds is 3. The lowest BCUT2D eigenvalue weighted by Gasteiger charge is -2.43. The fraction of sp³-hybridized carbons (Fsp3) is 1.00. The maximum Gasteiger partial charge on any atom is -0.0271 e. The van der Waals surface area contributed by atoms with E-state index in [1.54, 1.807) is 0 Å². The topological polar surface area (TPSA) is 0 Å². The summed E-state index contributed by atoms with van der Waals surface area (Å²) in [5, 5.41) is 0. The van der Waals surface area contributed by atoms with E-state index >= 15 is 0 Å². The molecule has 0 radical (unpaired) electrons. The third-order valence-corrected chi connectivity index (χ3v) is 5.50. The van der Waals surface area contributed by atoms with Gasteiger partial charge in [-0.3, -0.25) is 0 Å². The molecule has 3 unspecified atom stereocenters. The third-order valence-electron chi connectivity index (χ3n) is 5.50. The first-order valence-electron chi connectivity index (χ1n) is 7.00. The Labute approximate surface area is 95.8 Å². The zero-order valence-corrected chi connectivity index (χ0v) is 11.1. The normalized spacial score (nSPS) is 40.4. The summed E-state index contributed by atoms with van der Waals surface area (Å²) in [5.41, 5.74) is 1.50. The van der Waals surface area contributed by atoms with E-state index in [0.29, 0.717) is 5.41 Å². The largest absolute Gasteiger partial charge is 0.0651 e. The molecule has 0 saturated heterocycles. The lowest BCUT2D eigenvalue weighted by atomic mass is 9.62. The molecule has 2 rings (SSSR count). The Morgan fingerprint density at radius 1 is 1.20 bits per heavy atom. The Balaban J connectivity index is 1.93. The molecule has 1 spiro atoms. The van der Waals surface area contributed by atoms with E-state index in [9.17, 15) is 0 Å². The van der Waals surface area contributed by atoms with Crippen LogP contribution < -0.4 is 0 Å². The summed E-state index contributed by atoms with van der Waals surface area (Å²) in [6, 6.07) is 0. The van der Waals surface area contributed by atoms with Gasteiger partial charge in [0.2, 0.25) is 0 Å². The summed E-state index contributed by atoms with van der Waals surface area (Å²) in [6.07, 6.45) is 10.4. The van der Waals surface area contributed by atoms with Crippen molar-refractivity contribution in [3.63, 3.8) is 0 Å². The van der Waals surface area contributed by atoms with Gasteiger partial charge in [-0.15, -0.1) is 0 Å². The van der Waals surface area contributed by atoms with E-state index in [0.717, 1.165) is 17.3 Å². The Morgan fingerprint density at radius 3 is 2.27 bits per heavy atom. The van der Waals surface area contributed by atoms with Gasteiger partial charge in [0.25, 0.3) is 0 Å². The zero-order chi connectivity index (χ0) is 11.1. The average molecular weight is 208 g/mol. The molecule has 0 aliphatic heterocycles. The molecule has 0 bridgehead atoms. The maximum absolute atomic E-state index is 2.55. The van der Waals surface area contributed by atoms with Crippen molar-refractivity contribution in [1.29, 1.82) is 0 Å². The van der Waals surface area contributed by atoms with Gasteiger partial charge >= 0.3 is 0 Å². The minimum atomic E-state index is 0.669. The first-order valence-corrected chi connectivity index (χ1v) is 7.00. The summed E-state index contributed by atoms with van der Waals surface area (Å²) in [5.74, 6) is 1.93. The summed E-state index contributed by atoms with van der Waals surface area (Å²) in [4.78, 5) is 0. The maximum atomic E-state index is 2.55. The van der Waals surface area contributed by atoms with Crippen molar-refractivity contribution in [2.45, 2.75) is 72.6 Å². The summed E-state index contributed by atoms with van der Waals surface area (Å²) >= 11 is 0. The van der Waals surface area contributed by atoms with Gasteiger partial charge in [-0.2, -0.15) is 0 Å². The molecule has 2 aliphatic carbocycles. The van der Waals surface area contributed by atoms with Gasteiger partial charge in [-0.1, -0.05) is 34.1 Å². The van der Waals surface area contributed by atoms with Crippen LogP contribution in [0.3, 0.4) is 0 Å². The molecule has 0 nitrogen and oxygen atoms in total. The summed E-state index contributed by atoms with van der Waals surface area (Å²) < 4.78 is 0. The lowest BCUT2D eigenvalue weighted by Crippen LogP contribution is -2.32. The van der Waals surface area contributed by atoms with Gasteiger partial charge in [0.1, 0.15) is 0 Å². The van der Waals surface area contributed by atoms with Crippen molar-refractivity contribution < 1.29 is 0 Å². The Kier molecular flexibility index (Phi) is 2.90. The Hall–Kier alpha value is 0. The van der Waals surface area contributed by atoms with E-state index < -0.39 is 0 Å².